The summed E-state index contributed by atoms with van der Waals surface area (Å²) >= 11 is 3.15. The monoisotopic (exact) mass is 286 g/mol. The summed E-state index contributed by atoms with van der Waals surface area (Å²) in [5.41, 5.74) is 0. The first kappa shape index (κ1) is 12.5. The average Bonchev–Trinajstić information content (AvgIpc) is 2.27. The molecule has 0 aliphatic carbocycles. The molecule has 4 nitrogen and oxygen atoms in total. The van der Waals surface area contributed by atoms with E-state index in [4.69, 9.17) is 10.00 Å². The zero-order chi connectivity index (χ0) is 12.0. The fraction of sp³-hybridized carbons (Fsp3) is 0.200. The second kappa shape index (κ2) is 6.08. The van der Waals surface area contributed by atoms with Gasteiger partial charge in [-0.2, -0.15) is 5.26 Å². The lowest BCUT2D eigenvalue weighted by Crippen LogP contribution is -2.29. The van der Waals surface area contributed by atoms with Crippen LogP contribution in [-0.2, 0) is 4.79 Å². The first-order chi connectivity index (χ1) is 7.63. The van der Waals surface area contributed by atoms with Crippen LogP contribution in [0.2, 0.25) is 0 Å². The maximum atomic E-state index is 13.1. The van der Waals surface area contributed by atoms with Crippen LogP contribution < -0.4 is 10.1 Å². The minimum atomic E-state index is -0.545. The number of rotatable bonds is 4. The van der Waals surface area contributed by atoms with Crippen molar-refractivity contribution in [1.29, 1.82) is 5.26 Å². The lowest BCUT2D eigenvalue weighted by molar-refractivity contribution is -0.122. The molecule has 1 rings (SSSR count). The fourth-order valence-electron chi connectivity index (χ4n) is 0.920. The summed E-state index contributed by atoms with van der Waals surface area (Å²) in [7, 11) is 0. The number of halogens is 2. The maximum absolute atomic E-state index is 13.1. The Hall–Kier alpha value is -1.61. The van der Waals surface area contributed by atoms with Crippen molar-refractivity contribution >= 4 is 21.8 Å². The molecule has 1 aromatic carbocycles. The van der Waals surface area contributed by atoms with E-state index in [2.05, 4.69) is 21.2 Å². The molecule has 84 valence electrons. The van der Waals surface area contributed by atoms with Gasteiger partial charge in [-0.15, -0.1) is 0 Å². The minimum Gasteiger partial charge on any atom is -0.481 e. The Morgan fingerprint density at radius 1 is 1.62 bits per heavy atom. The van der Waals surface area contributed by atoms with E-state index in [1.54, 1.807) is 6.07 Å². The van der Waals surface area contributed by atoms with Crippen LogP contribution in [0.1, 0.15) is 0 Å². The van der Waals surface area contributed by atoms with E-state index in [-0.39, 0.29) is 18.9 Å². The van der Waals surface area contributed by atoms with E-state index in [1.807, 2.05) is 0 Å². The van der Waals surface area contributed by atoms with Gasteiger partial charge in [0.05, 0.1) is 6.07 Å². The van der Waals surface area contributed by atoms with Crippen molar-refractivity contribution in [2.45, 2.75) is 0 Å². The van der Waals surface area contributed by atoms with Crippen molar-refractivity contribution in [3.63, 3.8) is 0 Å². The van der Waals surface area contributed by atoms with Crippen LogP contribution in [-0.4, -0.2) is 19.1 Å². The van der Waals surface area contributed by atoms with Crippen molar-refractivity contribution < 1.29 is 13.9 Å². The van der Waals surface area contributed by atoms with Crippen LogP contribution in [0.4, 0.5) is 4.39 Å². The van der Waals surface area contributed by atoms with Crippen LogP contribution in [0.5, 0.6) is 5.75 Å². The molecule has 1 aromatic rings. The predicted octanol–water partition coefficient (Wildman–Crippen LogP) is 1.61. The largest absolute Gasteiger partial charge is 0.481 e. The van der Waals surface area contributed by atoms with Crippen molar-refractivity contribution in [2.75, 3.05) is 13.2 Å². The molecule has 1 N–H and O–H groups in total. The van der Waals surface area contributed by atoms with E-state index in [0.717, 1.165) is 0 Å². The fourth-order valence-corrected chi connectivity index (χ4v) is 1.26. The molecule has 0 radical (unpaired) electrons. The first-order valence-electron chi connectivity index (χ1n) is 4.35. The van der Waals surface area contributed by atoms with Gasteiger partial charge in [-0.05, 0) is 18.2 Å². The Balaban J connectivity index is 2.51. The molecule has 0 aliphatic rings. The van der Waals surface area contributed by atoms with Gasteiger partial charge in [0.2, 0.25) is 0 Å². The highest BCUT2D eigenvalue weighted by atomic mass is 79.9. The SMILES string of the molecule is N#CCNC(=O)COc1cc(Br)ccc1F. The van der Waals surface area contributed by atoms with Crippen LogP contribution in [0.15, 0.2) is 22.7 Å². The highest BCUT2D eigenvalue weighted by Gasteiger charge is 2.06. The summed E-state index contributed by atoms with van der Waals surface area (Å²) in [5, 5.41) is 10.5. The normalized spacial score (nSPS) is 9.31. The van der Waals surface area contributed by atoms with Crippen LogP contribution in [0.3, 0.4) is 0 Å². The zero-order valence-corrected chi connectivity index (χ0v) is 9.75. The van der Waals surface area contributed by atoms with Crippen molar-refractivity contribution in [3.8, 4) is 11.8 Å². The topological polar surface area (TPSA) is 62.1 Å². The Kier molecular flexibility index (Phi) is 4.73. The molecule has 0 aromatic heterocycles. The number of ether oxygens (including phenoxy) is 1. The van der Waals surface area contributed by atoms with Gasteiger partial charge in [-0.25, -0.2) is 4.39 Å². The minimum absolute atomic E-state index is 0.0125. The average molecular weight is 287 g/mol. The Morgan fingerprint density at radius 2 is 2.38 bits per heavy atom. The molecule has 0 atom stereocenters. The van der Waals surface area contributed by atoms with Crippen LogP contribution in [0, 0.1) is 17.1 Å². The highest BCUT2D eigenvalue weighted by Crippen LogP contribution is 2.21. The van der Waals surface area contributed by atoms with Crippen molar-refractivity contribution in [3.05, 3.63) is 28.5 Å². The molecule has 0 spiro atoms. The van der Waals surface area contributed by atoms with E-state index in [1.165, 1.54) is 18.2 Å². The molecule has 0 bridgehead atoms. The highest BCUT2D eigenvalue weighted by molar-refractivity contribution is 9.10. The number of benzene rings is 1. The second-order valence-corrected chi connectivity index (χ2v) is 3.71. The molecule has 6 heteroatoms. The molecule has 1 amide bonds. The second-order valence-electron chi connectivity index (χ2n) is 2.80. The molecule has 0 unspecified atom stereocenters. The summed E-state index contributed by atoms with van der Waals surface area (Å²) in [6, 6.07) is 5.93. The quantitative estimate of drug-likeness (QED) is 0.856. The van der Waals surface area contributed by atoms with E-state index < -0.39 is 11.7 Å². The first-order valence-corrected chi connectivity index (χ1v) is 5.14. The molecule has 0 saturated heterocycles. The van der Waals surface area contributed by atoms with Gasteiger partial charge in [-0.1, -0.05) is 15.9 Å². The number of hydrogen-bond acceptors (Lipinski definition) is 3. The van der Waals surface area contributed by atoms with Gasteiger partial charge in [0.1, 0.15) is 6.54 Å². The summed E-state index contributed by atoms with van der Waals surface area (Å²) in [4.78, 5) is 11.1. The summed E-state index contributed by atoms with van der Waals surface area (Å²) in [6.45, 7) is -0.418. The van der Waals surface area contributed by atoms with Gasteiger partial charge in [0.15, 0.2) is 18.2 Å². The molecule has 0 aliphatic heterocycles. The molecule has 0 fully saturated rings. The predicted molar refractivity (Wildman–Crippen MR) is 58.2 cm³/mol. The maximum Gasteiger partial charge on any atom is 0.258 e. The lowest BCUT2D eigenvalue weighted by Gasteiger charge is -2.06. The Labute approximate surface area is 100 Å². The van der Waals surface area contributed by atoms with Crippen molar-refractivity contribution in [2.24, 2.45) is 0 Å². The van der Waals surface area contributed by atoms with Gasteiger partial charge in [-0.3, -0.25) is 4.79 Å². The summed E-state index contributed by atoms with van der Waals surface area (Å²) < 4.78 is 18.7. The van der Waals surface area contributed by atoms with E-state index in [0.29, 0.717) is 4.47 Å². The van der Waals surface area contributed by atoms with E-state index in [9.17, 15) is 9.18 Å². The molecule has 0 heterocycles. The molecule has 0 saturated carbocycles. The smallest absolute Gasteiger partial charge is 0.258 e. The van der Waals surface area contributed by atoms with Crippen LogP contribution >= 0.6 is 15.9 Å². The summed E-state index contributed by atoms with van der Waals surface area (Å²) in [6.07, 6.45) is 0. The van der Waals surface area contributed by atoms with E-state index >= 15 is 0 Å². The molecular formula is C10H8BrFN2O2. The zero-order valence-electron chi connectivity index (χ0n) is 8.17. The lowest BCUT2D eigenvalue weighted by atomic mass is 10.3. The number of amides is 1. The Bertz CT molecular complexity index is 431. The van der Waals surface area contributed by atoms with Gasteiger partial charge < -0.3 is 10.1 Å². The number of nitrogens with one attached hydrogen (secondary N) is 1. The third-order valence-corrected chi connectivity index (χ3v) is 2.11. The number of nitriles is 1. The van der Waals surface area contributed by atoms with Gasteiger partial charge in [0.25, 0.3) is 5.91 Å². The van der Waals surface area contributed by atoms with Crippen LogP contribution in [0.25, 0.3) is 0 Å². The Morgan fingerprint density at radius 3 is 3.06 bits per heavy atom. The van der Waals surface area contributed by atoms with Gasteiger partial charge >= 0.3 is 0 Å². The third kappa shape index (κ3) is 3.87. The molecule has 16 heavy (non-hydrogen) atoms. The number of hydrogen-bond donors (Lipinski definition) is 1. The standard InChI is InChI=1S/C10H8BrFN2O2/c11-7-1-2-8(12)9(5-7)16-6-10(15)14-4-3-13/h1-2,5H,4,6H2,(H,14,15). The third-order valence-electron chi connectivity index (χ3n) is 1.62. The van der Waals surface area contributed by atoms with Gasteiger partial charge in [0, 0.05) is 4.47 Å². The van der Waals surface area contributed by atoms with Crippen molar-refractivity contribution in [1.82, 2.24) is 5.32 Å². The number of carbonyl (C=O) groups excluding carboxylic acids is 1. The number of nitrogens with zero attached hydrogens (tertiary/aromatic N) is 1. The molecular weight excluding hydrogens is 279 g/mol. The number of carbonyl (C=O) groups is 1. The summed E-state index contributed by atoms with van der Waals surface area (Å²) in [5.74, 6) is -1.03.